The topological polar surface area (TPSA) is 59.1 Å². The lowest BCUT2D eigenvalue weighted by atomic mass is 10.1. The van der Waals surface area contributed by atoms with Crippen LogP contribution in [0.1, 0.15) is 31.7 Å². The fourth-order valence-corrected chi connectivity index (χ4v) is 2.99. The van der Waals surface area contributed by atoms with Crippen LogP contribution in [0.5, 0.6) is 11.5 Å². The highest BCUT2D eigenvalue weighted by Gasteiger charge is 2.24. The van der Waals surface area contributed by atoms with Crippen LogP contribution in [0, 0.1) is 0 Å². The van der Waals surface area contributed by atoms with Crippen molar-refractivity contribution in [2.24, 2.45) is 0 Å². The molecule has 0 saturated carbocycles. The first-order valence-electron chi connectivity index (χ1n) is 8.85. The molecule has 0 N–H and O–H groups in total. The number of methoxy groups -OCH3 is 2. The molecule has 2 amide bonds. The van der Waals surface area contributed by atoms with E-state index >= 15 is 0 Å². The molecule has 0 spiro atoms. The normalized spacial score (nSPS) is 14.4. The molecule has 1 fully saturated rings. The standard InChI is InChI=1S/C19H28N2O4/c1-4-5-6-18(22)20-9-11-21(12-10-20)19(23)14-15-13-16(24-2)7-8-17(15)25-3/h7-8,13H,4-6,9-12,14H2,1-3H3. The van der Waals surface area contributed by atoms with Gasteiger partial charge in [-0.05, 0) is 24.6 Å². The van der Waals surface area contributed by atoms with Gasteiger partial charge in [0.05, 0.1) is 20.6 Å². The van der Waals surface area contributed by atoms with Gasteiger partial charge < -0.3 is 19.3 Å². The smallest absolute Gasteiger partial charge is 0.227 e. The molecular formula is C19H28N2O4. The van der Waals surface area contributed by atoms with E-state index in [0.29, 0.717) is 44.1 Å². The van der Waals surface area contributed by atoms with E-state index in [9.17, 15) is 9.59 Å². The fraction of sp³-hybridized carbons (Fsp3) is 0.579. The van der Waals surface area contributed by atoms with E-state index in [4.69, 9.17) is 9.47 Å². The molecule has 1 aliphatic rings. The van der Waals surface area contributed by atoms with Crippen molar-refractivity contribution < 1.29 is 19.1 Å². The van der Waals surface area contributed by atoms with Gasteiger partial charge in [0.25, 0.3) is 0 Å². The third-order valence-corrected chi connectivity index (χ3v) is 4.56. The van der Waals surface area contributed by atoms with Crippen LogP contribution in [0.15, 0.2) is 18.2 Å². The van der Waals surface area contributed by atoms with Gasteiger partial charge in [-0.2, -0.15) is 0 Å². The van der Waals surface area contributed by atoms with Crippen molar-refractivity contribution in [3.05, 3.63) is 23.8 Å². The minimum atomic E-state index is 0.0483. The molecule has 6 nitrogen and oxygen atoms in total. The summed E-state index contributed by atoms with van der Waals surface area (Å²) in [6.45, 7) is 4.48. The van der Waals surface area contributed by atoms with Crippen molar-refractivity contribution in [2.45, 2.75) is 32.6 Å². The van der Waals surface area contributed by atoms with Crippen LogP contribution in [0.2, 0.25) is 0 Å². The average molecular weight is 348 g/mol. The number of carbonyl (C=O) groups is 2. The number of unbranched alkanes of at least 4 members (excludes halogenated alkanes) is 1. The van der Waals surface area contributed by atoms with Gasteiger partial charge in [0.15, 0.2) is 0 Å². The van der Waals surface area contributed by atoms with Crippen molar-refractivity contribution in [3.63, 3.8) is 0 Å². The van der Waals surface area contributed by atoms with Crippen LogP contribution in [-0.2, 0) is 16.0 Å². The zero-order valence-corrected chi connectivity index (χ0v) is 15.4. The quantitative estimate of drug-likeness (QED) is 0.757. The van der Waals surface area contributed by atoms with Crippen molar-refractivity contribution in [2.75, 3.05) is 40.4 Å². The molecule has 1 saturated heterocycles. The molecule has 6 heteroatoms. The fourth-order valence-electron chi connectivity index (χ4n) is 2.99. The molecule has 0 atom stereocenters. The second-order valence-corrected chi connectivity index (χ2v) is 6.22. The second-order valence-electron chi connectivity index (χ2n) is 6.22. The zero-order chi connectivity index (χ0) is 18.2. The van der Waals surface area contributed by atoms with Gasteiger partial charge in [0, 0.05) is 38.2 Å². The predicted octanol–water partition coefficient (Wildman–Crippen LogP) is 2.11. The maximum atomic E-state index is 12.6. The van der Waals surface area contributed by atoms with Crippen molar-refractivity contribution in [1.29, 1.82) is 0 Å². The predicted molar refractivity (Wildman–Crippen MR) is 95.9 cm³/mol. The van der Waals surface area contributed by atoms with Crippen LogP contribution in [0.25, 0.3) is 0 Å². The minimum Gasteiger partial charge on any atom is -0.497 e. The van der Waals surface area contributed by atoms with Gasteiger partial charge in [-0.25, -0.2) is 0 Å². The molecule has 1 aromatic rings. The van der Waals surface area contributed by atoms with Gasteiger partial charge >= 0.3 is 0 Å². The Morgan fingerprint density at radius 1 is 1.00 bits per heavy atom. The third-order valence-electron chi connectivity index (χ3n) is 4.56. The van der Waals surface area contributed by atoms with Gasteiger partial charge in [0.1, 0.15) is 11.5 Å². The van der Waals surface area contributed by atoms with Gasteiger partial charge in [-0.1, -0.05) is 13.3 Å². The van der Waals surface area contributed by atoms with Crippen molar-refractivity contribution in [1.82, 2.24) is 9.80 Å². The highest BCUT2D eigenvalue weighted by Crippen LogP contribution is 2.25. The number of hydrogen-bond donors (Lipinski definition) is 0. The number of rotatable bonds is 7. The SMILES string of the molecule is CCCCC(=O)N1CCN(C(=O)Cc2cc(OC)ccc2OC)CC1. The molecule has 1 aromatic carbocycles. The van der Waals surface area contributed by atoms with Crippen LogP contribution in [0.4, 0.5) is 0 Å². The first-order valence-corrected chi connectivity index (χ1v) is 8.85. The summed E-state index contributed by atoms with van der Waals surface area (Å²) in [4.78, 5) is 28.4. The summed E-state index contributed by atoms with van der Waals surface area (Å²) in [6.07, 6.45) is 2.82. The van der Waals surface area contributed by atoms with E-state index in [1.165, 1.54) is 0 Å². The van der Waals surface area contributed by atoms with Crippen LogP contribution >= 0.6 is 0 Å². The van der Waals surface area contributed by atoms with E-state index in [-0.39, 0.29) is 18.2 Å². The number of piperazine rings is 1. The minimum absolute atomic E-state index is 0.0483. The average Bonchev–Trinajstić information content (AvgIpc) is 2.66. The summed E-state index contributed by atoms with van der Waals surface area (Å²) in [5.74, 6) is 1.63. The summed E-state index contributed by atoms with van der Waals surface area (Å²) in [6, 6.07) is 5.46. The zero-order valence-electron chi connectivity index (χ0n) is 15.4. The first-order chi connectivity index (χ1) is 12.1. The van der Waals surface area contributed by atoms with E-state index in [1.807, 2.05) is 28.0 Å². The van der Waals surface area contributed by atoms with Gasteiger partial charge in [0.2, 0.25) is 11.8 Å². The van der Waals surface area contributed by atoms with Crippen molar-refractivity contribution in [3.8, 4) is 11.5 Å². The maximum Gasteiger partial charge on any atom is 0.227 e. The number of ether oxygens (including phenoxy) is 2. The molecule has 0 unspecified atom stereocenters. The number of carbonyl (C=O) groups excluding carboxylic acids is 2. The molecule has 1 aliphatic heterocycles. The molecule has 2 rings (SSSR count). The highest BCUT2D eigenvalue weighted by atomic mass is 16.5. The molecule has 0 bridgehead atoms. The molecule has 138 valence electrons. The van der Waals surface area contributed by atoms with Crippen molar-refractivity contribution >= 4 is 11.8 Å². The summed E-state index contributed by atoms with van der Waals surface area (Å²) >= 11 is 0. The number of benzene rings is 1. The lowest BCUT2D eigenvalue weighted by molar-refractivity contribution is -0.139. The molecule has 25 heavy (non-hydrogen) atoms. The lowest BCUT2D eigenvalue weighted by Gasteiger charge is -2.35. The Labute approximate surface area is 149 Å². The summed E-state index contributed by atoms with van der Waals surface area (Å²) < 4.78 is 10.6. The number of hydrogen-bond acceptors (Lipinski definition) is 4. The largest absolute Gasteiger partial charge is 0.497 e. The Morgan fingerprint density at radius 3 is 2.20 bits per heavy atom. The summed E-state index contributed by atoms with van der Waals surface area (Å²) in [5, 5.41) is 0. The van der Waals surface area contributed by atoms with E-state index in [2.05, 4.69) is 6.92 Å². The van der Waals surface area contributed by atoms with Crippen LogP contribution in [-0.4, -0.2) is 62.0 Å². The van der Waals surface area contributed by atoms with Gasteiger partial charge in [-0.3, -0.25) is 9.59 Å². The third kappa shape index (κ3) is 5.11. The second kappa shape index (κ2) is 9.30. The Morgan fingerprint density at radius 2 is 1.64 bits per heavy atom. The van der Waals surface area contributed by atoms with Crippen LogP contribution in [0.3, 0.4) is 0 Å². The first kappa shape index (κ1) is 19.1. The molecular weight excluding hydrogens is 320 g/mol. The summed E-state index contributed by atoms with van der Waals surface area (Å²) in [5.41, 5.74) is 0.813. The van der Waals surface area contributed by atoms with E-state index < -0.39 is 0 Å². The molecule has 1 heterocycles. The molecule has 0 aliphatic carbocycles. The molecule has 0 aromatic heterocycles. The lowest BCUT2D eigenvalue weighted by Crippen LogP contribution is -2.50. The van der Waals surface area contributed by atoms with Crippen LogP contribution < -0.4 is 9.47 Å². The Balaban J connectivity index is 1.92. The maximum absolute atomic E-state index is 12.6. The van der Waals surface area contributed by atoms with E-state index in [0.717, 1.165) is 18.4 Å². The highest BCUT2D eigenvalue weighted by molar-refractivity contribution is 5.80. The Bertz CT molecular complexity index is 595. The Kier molecular flexibility index (Phi) is 7.10. The van der Waals surface area contributed by atoms with Gasteiger partial charge in [-0.15, -0.1) is 0 Å². The summed E-state index contributed by atoms with van der Waals surface area (Å²) in [7, 11) is 3.19. The molecule has 0 radical (unpaired) electrons. The van der Waals surface area contributed by atoms with E-state index in [1.54, 1.807) is 14.2 Å². The number of amides is 2. The number of nitrogens with zero attached hydrogens (tertiary/aromatic N) is 2. The Hall–Kier alpha value is -2.24. The monoisotopic (exact) mass is 348 g/mol.